The number of benzene rings is 1. The first-order chi connectivity index (χ1) is 15.0. The van der Waals surface area contributed by atoms with Crippen molar-refractivity contribution in [2.45, 2.75) is 76.9 Å². The van der Waals surface area contributed by atoms with Crippen LogP contribution >= 0.6 is 0 Å². The molecule has 1 aromatic rings. The van der Waals surface area contributed by atoms with Crippen molar-refractivity contribution in [3.8, 4) is 11.8 Å². The van der Waals surface area contributed by atoms with Gasteiger partial charge in [0.15, 0.2) is 0 Å². The lowest BCUT2D eigenvalue weighted by molar-refractivity contribution is -0.129. The average molecular weight is 433 g/mol. The predicted molar refractivity (Wildman–Crippen MR) is 116 cm³/mol. The summed E-state index contributed by atoms with van der Waals surface area (Å²) in [6, 6.07) is 5.97. The van der Waals surface area contributed by atoms with Gasteiger partial charge in [-0.1, -0.05) is 55.3 Å². The molecule has 1 aliphatic carbocycles. The van der Waals surface area contributed by atoms with E-state index in [1.165, 1.54) is 6.07 Å². The maximum atomic E-state index is 13.7. The minimum Gasteiger partial charge on any atom is -0.380 e. The van der Waals surface area contributed by atoms with Gasteiger partial charge < -0.3 is 5.11 Å². The lowest BCUT2D eigenvalue weighted by atomic mass is 9.82. The fourth-order valence-electron chi connectivity index (χ4n) is 4.69. The van der Waals surface area contributed by atoms with Gasteiger partial charge in [0.25, 0.3) is 0 Å². The quantitative estimate of drug-likeness (QED) is 0.157. The second-order valence-corrected chi connectivity index (χ2v) is 8.54. The maximum absolute atomic E-state index is 13.7. The molecule has 3 N–H and O–H groups in total. The highest BCUT2D eigenvalue weighted by Crippen LogP contribution is 2.44. The van der Waals surface area contributed by atoms with Gasteiger partial charge in [-0.25, -0.2) is 9.87 Å². The summed E-state index contributed by atoms with van der Waals surface area (Å²) in [6.45, 7) is 2.16. The summed E-state index contributed by atoms with van der Waals surface area (Å²) in [5.74, 6) is 5.53. The van der Waals surface area contributed by atoms with Gasteiger partial charge in [-0.3, -0.25) is 10.0 Å². The van der Waals surface area contributed by atoms with Crippen LogP contribution in [0.3, 0.4) is 0 Å². The van der Waals surface area contributed by atoms with Gasteiger partial charge in [0.1, 0.15) is 11.9 Å². The molecule has 0 aliphatic heterocycles. The third kappa shape index (κ3) is 8.04. The molecular formula is C24H33FN2O4. The van der Waals surface area contributed by atoms with Gasteiger partial charge >= 0.3 is 0 Å². The number of carbonyl (C=O) groups is 1. The highest BCUT2D eigenvalue weighted by molar-refractivity contribution is 5.74. The second-order valence-electron chi connectivity index (χ2n) is 8.54. The molecule has 0 bridgehead atoms. The van der Waals surface area contributed by atoms with E-state index in [0.717, 1.165) is 38.5 Å². The number of aliphatic hydroxyl groups is 1. The normalized spacial score (nSPS) is 23.6. The van der Waals surface area contributed by atoms with E-state index in [0.29, 0.717) is 31.1 Å². The van der Waals surface area contributed by atoms with E-state index in [1.54, 1.807) is 23.7 Å². The zero-order chi connectivity index (χ0) is 22.6. The SMILES string of the molecule is C[C@H]1C[C@@H](N=O)[C@H](CCC(O)C#Cc2ccccc2F)[C@H]1CCCCCCC(=O)NO. The standard InChI is InChI=1S/C24H33FN2O4/c1-17-16-23(26-30)21(20(17)9-4-2-3-5-11-24(29)27-31)15-14-19(28)13-12-18-8-6-7-10-22(18)25/h6-8,10,17,19-21,23,28,31H,2-5,9,11,14-16H2,1H3,(H,27,29)/t17-,19?,20-,21+,23+/m0/s1. The number of amides is 1. The van der Waals surface area contributed by atoms with Crippen LogP contribution in [0.5, 0.6) is 0 Å². The number of hydroxylamine groups is 1. The van der Waals surface area contributed by atoms with E-state index in [4.69, 9.17) is 5.21 Å². The fraction of sp³-hybridized carbons (Fsp3) is 0.625. The highest BCUT2D eigenvalue weighted by atomic mass is 19.1. The highest BCUT2D eigenvalue weighted by Gasteiger charge is 2.41. The minimum atomic E-state index is -0.874. The molecular weight excluding hydrogens is 399 g/mol. The van der Waals surface area contributed by atoms with Crippen molar-refractivity contribution >= 4 is 5.91 Å². The summed E-state index contributed by atoms with van der Waals surface area (Å²) in [6.07, 6.45) is 5.95. The van der Waals surface area contributed by atoms with Crippen molar-refractivity contribution in [1.82, 2.24) is 5.48 Å². The van der Waals surface area contributed by atoms with E-state index in [-0.39, 0.29) is 23.4 Å². The number of rotatable bonds is 11. The predicted octanol–water partition coefficient (Wildman–Crippen LogP) is 4.57. The molecule has 1 aromatic carbocycles. The molecule has 31 heavy (non-hydrogen) atoms. The summed E-state index contributed by atoms with van der Waals surface area (Å²) in [7, 11) is 0. The van der Waals surface area contributed by atoms with Crippen LogP contribution in [0, 0.1) is 40.3 Å². The van der Waals surface area contributed by atoms with Crippen LogP contribution in [0.1, 0.15) is 70.3 Å². The fourth-order valence-corrected chi connectivity index (χ4v) is 4.69. The van der Waals surface area contributed by atoms with Crippen LogP contribution in [0.4, 0.5) is 4.39 Å². The van der Waals surface area contributed by atoms with Gasteiger partial charge in [-0.2, -0.15) is 4.91 Å². The molecule has 1 aliphatic rings. The van der Waals surface area contributed by atoms with Crippen LogP contribution in [0.15, 0.2) is 29.4 Å². The van der Waals surface area contributed by atoms with Crippen LogP contribution in [0.25, 0.3) is 0 Å². The largest absolute Gasteiger partial charge is 0.380 e. The number of nitrogens with zero attached hydrogens (tertiary/aromatic N) is 1. The van der Waals surface area contributed by atoms with Crippen LogP contribution in [0.2, 0.25) is 0 Å². The molecule has 170 valence electrons. The van der Waals surface area contributed by atoms with Crippen molar-refractivity contribution in [1.29, 1.82) is 0 Å². The summed E-state index contributed by atoms with van der Waals surface area (Å²) in [5, 5.41) is 22.1. The Kier molecular flexibility index (Phi) is 10.6. The number of aliphatic hydroxyl groups excluding tert-OH is 1. The molecule has 0 saturated heterocycles. The number of nitrogens with one attached hydrogen (secondary N) is 1. The first kappa shape index (κ1) is 25.0. The summed E-state index contributed by atoms with van der Waals surface area (Å²) in [4.78, 5) is 22.4. The van der Waals surface area contributed by atoms with Gasteiger partial charge in [0.05, 0.1) is 11.6 Å². The summed E-state index contributed by atoms with van der Waals surface area (Å²) >= 11 is 0. The Morgan fingerprint density at radius 2 is 1.97 bits per heavy atom. The van der Waals surface area contributed by atoms with Gasteiger partial charge in [0, 0.05) is 6.42 Å². The van der Waals surface area contributed by atoms with Gasteiger partial charge in [-0.15, -0.1) is 0 Å². The van der Waals surface area contributed by atoms with E-state index in [1.807, 2.05) is 0 Å². The summed E-state index contributed by atoms with van der Waals surface area (Å²) in [5.41, 5.74) is 1.90. The lowest BCUT2D eigenvalue weighted by Gasteiger charge is -2.24. The molecule has 1 unspecified atom stereocenters. The molecule has 1 amide bonds. The van der Waals surface area contributed by atoms with Crippen LogP contribution < -0.4 is 5.48 Å². The van der Waals surface area contributed by atoms with E-state index >= 15 is 0 Å². The number of carbonyl (C=O) groups excluding carboxylic acids is 1. The second kappa shape index (κ2) is 13.2. The van der Waals surface area contributed by atoms with Crippen molar-refractivity contribution in [3.05, 3.63) is 40.6 Å². The Morgan fingerprint density at radius 3 is 2.68 bits per heavy atom. The molecule has 0 heterocycles. The third-order valence-corrected chi connectivity index (χ3v) is 6.36. The van der Waals surface area contributed by atoms with E-state index in [2.05, 4.69) is 23.9 Å². The van der Waals surface area contributed by atoms with E-state index < -0.39 is 11.9 Å². The molecule has 0 aromatic heterocycles. The average Bonchev–Trinajstić information content (AvgIpc) is 3.08. The molecule has 1 saturated carbocycles. The van der Waals surface area contributed by atoms with Crippen molar-refractivity contribution in [2.75, 3.05) is 0 Å². The molecule has 7 heteroatoms. The Bertz CT molecular complexity index is 776. The Labute approximate surface area is 183 Å². The Hall–Kier alpha value is -2.30. The maximum Gasteiger partial charge on any atom is 0.243 e. The van der Waals surface area contributed by atoms with E-state index in [9.17, 15) is 19.2 Å². The molecule has 0 spiro atoms. The monoisotopic (exact) mass is 432 g/mol. The Balaban J connectivity index is 1.83. The smallest absolute Gasteiger partial charge is 0.243 e. The first-order valence-corrected chi connectivity index (χ1v) is 11.2. The Morgan fingerprint density at radius 1 is 1.23 bits per heavy atom. The summed E-state index contributed by atoms with van der Waals surface area (Å²) < 4.78 is 13.7. The number of nitroso groups, excluding NO2 is 1. The number of hydrogen-bond acceptors (Lipinski definition) is 5. The van der Waals surface area contributed by atoms with Crippen LogP contribution in [-0.4, -0.2) is 28.4 Å². The van der Waals surface area contributed by atoms with Crippen molar-refractivity contribution in [2.24, 2.45) is 22.9 Å². The topological polar surface area (TPSA) is 99.0 Å². The molecule has 5 atom stereocenters. The number of halogens is 1. The van der Waals surface area contributed by atoms with Gasteiger partial charge in [0.2, 0.25) is 5.91 Å². The van der Waals surface area contributed by atoms with Crippen LogP contribution in [-0.2, 0) is 4.79 Å². The number of unbranched alkanes of at least 4 members (excludes halogenated alkanes) is 3. The lowest BCUT2D eigenvalue weighted by Crippen LogP contribution is -2.21. The zero-order valence-corrected chi connectivity index (χ0v) is 18.1. The molecule has 1 fully saturated rings. The van der Waals surface area contributed by atoms with Crippen molar-refractivity contribution in [3.63, 3.8) is 0 Å². The van der Waals surface area contributed by atoms with Crippen molar-refractivity contribution < 1.29 is 19.5 Å². The number of hydrogen-bond donors (Lipinski definition) is 3. The molecule has 0 radical (unpaired) electrons. The minimum absolute atomic E-state index is 0.123. The third-order valence-electron chi connectivity index (χ3n) is 6.36. The first-order valence-electron chi connectivity index (χ1n) is 11.2. The van der Waals surface area contributed by atoms with Gasteiger partial charge in [-0.05, 0) is 62.0 Å². The molecule has 2 rings (SSSR count). The zero-order valence-electron chi connectivity index (χ0n) is 18.1. The molecule has 6 nitrogen and oxygen atoms in total.